The lowest BCUT2D eigenvalue weighted by Gasteiger charge is -2.42. The van der Waals surface area contributed by atoms with Gasteiger partial charge in [0, 0.05) is 37.3 Å². The first-order valence-corrected chi connectivity index (χ1v) is 48.1. The second kappa shape index (κ2) is 56.4. The van der Waals surface area contributed by atoms with Gasteiger partial charge in [-0.3, -0.25) is 14.4 Å². The van der Waals surface area contributed by atoms with Gasteiger partial charge in [0.25, 0.3) is 11.8 Å². The summed E-state index contributed by atoms with van der Waals surface area (Å²) in [6, 6.07) is 2.60. The van der Waals surface area contributed by atoms with Crippen LogP contribution in [0.2, 0.25) is 116 Å². The van der Waals surface area contributed by atoms with E-state index < -0.39 is 64.9 Å². The number of ether oxygens (including phenoxy) is 2. The van der Waals surface area contributed by atoms with Gasteiger partial charge in [0.2, 0.25) is 5.91 Å². The molecule has 28 heteroatoms. The maximum Gasteiger partial charge on any atom is 0.333 e. The fraction of sp³-hybridized carbons (Fsp3) is 0.847. The molecule has 3 amide bonds. The fourth-order valence-electron chi connectivity index (χ4n) is 7.47. The van der Waals surface area contributed by atoms with Gasteiger partial charge in [-0.15, -0.1) is 11.6 Å². The van der Waals surface area contributed by atoms with Crippen LogP contribution >= 0.6 is 11.6 Å². The molecule has 0 aromatic rings. The number of carbonyl (C=O) groups is 5. The van der Waals surface area contributed by atoms with Crippen LogP contribution in [-0.4, -0.2) is 217 Å². The predicted molar refractivity (Wildman–Crippen MR) is 394 cm³/mol. The summed E-state index contributed by atoms with van der Waals surface area (Å²) >= 11 is 5.45. The average Bonchev–Trinajstić information content (AvgIpc) is 3.16. The molecule has 0 bridgehead atoms. The van der Waals surface area contributed by atoms with Crippen molar-refractivity contribution in [2.45, 2.75) is 224 Å². The third-order valence-electron chi connectivity index (χ3n) is 9.80. The van der Waals surface area contributed by atoms with E-state index >= 15 is 0 Å². The molecule has 0 aliphatic heterocycles. The van der Waals surface area contributed by atoms with E-state index in [0.29, 0.717) is 59.4 Å². The zero-order valence-corrected chi connectivity index (χ0v) is 61.9. The molecule has 0 aliphatic carbocycles. The quantitative estimate of drug-likeness (QED) is 0.0137. The van der Waals surface area contributed by atoms with Crippen molar-refractivity contribution < 1.29 is 87.8 Å². The number of hydrogen-bond acceptors (Lipinski definition) is 13. The highest BCUT2D eigenvalue weighted by atomic mass is 35.5. The van der Waals surface area contributed by atoms with Crippen molar-refractivity contribution in [1.82, 2.24) is 20.9 Å². The first-order valence-electron chi connectivity index (χ1n) is 26.3. The minimum absolute atomic E-state index is 0. The highest BCUT2D eigenvalue weighted by molar-refractivity contribution is 6.90. The van der Waals surface area contributed by atoms with Crippen molar-refractivity contribution in [1.29, 1.82) is 0 Å². The summed E-state index contributed by atoms with van der Waals surface area (Å²) in [5.74, 6) is -0.800. The number of hydrogen-bond donors (Lipinski definition) is 3. The number of quaternary nitrogens is 2. The van der Waals surface area contributed by atoms with E-state index in [1.54, 1.807) is 13.8 Å². The van der Waals surface area contributed by atoms with Crippen molar-refractivity contribution in [2.75, 3.05) is 114 Å². The number of esters is 2. The topological polar surface area (TPSA) is 189 Å². The van der Waals surface area contributed by atoms with E-state index in [2.05, 4.69) is 127 Å². The number of nitrogens with zero attached hydrogens (tertiary/aromatic N) is 3. The van der Waals surface area contributed by atoms with Crippen LogP contribution in [0.1, 0.15) is 107 Å². The summed E-state index contributed by atoms with van der Waals surface area (Å²) in [6.45, 7) is 47.5. The standard InChI is InChI=1S/C29H64N4O7Si4.C12H30ClNO3Si3.C8H15NO2.10CH4.2ClH/c1-26(2)29(36)37-21-20-33(6,7)25-28(35)31-19-17-23-44(15,38-41(8,9)10)40-43(13,14)39-42(11,12)22-16-18-30-27(34)24-32(3,4)5;1-18(2,3)16-20(7,17-19(4,5)6)10-8-9-14-12(15)11-13;1-7(2)8(10)11-6-5-9(3)4;;;;;;;;;;;;/h1,16-25H2,2-15H3;8-11H2,1-7H3,(H,14,15);1,5-6H2,2-4H3;10*1H4;2*1H. The summed E-state index contributed by atoms with van der Waals surface area (Å²) in [5.41, 5.74) is 0.811. The third kappa shape index (κ3) is 79.1. The van der Waals surface area contributed by atoms with Crippen LogP contribution in [0.3, 0.4) is 0 Å². The molecule has 87 heavy (non-hydrogen) atoms. The second-order valence-electron chi connectivity index (χ2n) is 25.7. The van der Waals surface area contributed by atoms with Gasteiger partial charge in [-0.1, -0.05) is 87.4 Å². The lowest BCUT2D eigenvalue weighted by atomic mass is 10.3. The SMILES string of the molecule is C.C.C.C.C.C.C.C.C.C.C=C(C)C(=O)OCCN(C)C.C=C(C)C(=O)OCC[N+](C)(C)CC(=O)NCCC[Si](C)(O[Si](C)(C)C)O[Si](C)(C)O[Si](C)(C)CCCNC(=O)C[N+](C)(C)C.C[Si](C)(C)O[Si](C)(CCCNC(=O)CCl)O[Si](C)(C)C.[Cl-].[Cl-]. The summed E-state index contributed by atoms with van der Waals surface area (Å²) in [5, 5.41) is 8.87. The predicted octanol–water partition coefficient (Wildman–Crippen LogP) is 8.31. The minimum Gasteiger partial charge on any atom is -1.00 e. The van der Waals surface area contributed by atoms with E-state index in [1.165, 1.54) is 0 Å². The summed E-state index contributed by atoms with van der Waals surface area (Å²) in [7, 11) is -0.760. The van der Waals surface area contributed by atoms with Crippen LogP contribution in [-0.2, 0) is 54.0 Å². The molecule has 0 aromatic carbocycles. The Kier molecular flexibility index (Phi) is 79.9. The van der Waals surface area contributed by atoms with E-state index in [0.717, 1.165) is 43.9 Å². The van der Waals surface area contributed by atoms with Gasteiger partial charge < -0.3 is 84.7 Å². The van der Waals surface area contributed by atoms with E-state index in [4.69, 9.17) is 41.7 Å². The van der Waals surface area contributed by atoms with Gasteiger partial charge in [0.05, 0.1) is 35.2 Å². The molecule has 0 saturated heterocycles. The molecule has 1 unspecified atom stereocenters. The van der Waals surface area contributed by atoms with Gasteiger partial charge >= 0.3 is 37.6 Å². The number of alkyl halides is 1. The molecule has 0 spiro atoms. The first-order chi connectivity index (χ1) is 33.6. The Hall–Kier alpha value is -1.10. The molecule has 0 aromatic heterocycles. The Morgan fingerprint density at radius 2 is 0.782 bits per heavy atom. The van der Waals surface area contributed by atoms with Crippen LogP contribution in [0.5, 0.6) is 0 Å². The number of nitrogens with one attached hydrogen (secondary N) is 3. The summed E-state index contributed by atoms with van der Waals surface area (Å²) in [4.78, 5) is 60.3. The maximum atomic E-state index is 12.7. The summed E-state index contributed by atoms with van der Waals surface area (Å²) < 4.78 is 44.2. The number of likely N-dealkylation sites (N-methyl/N-ethyl adjacent to an activating group) is 3. The van der Waals surface area contributed by atoms with Crippen LogP contribution in [0.25, 0.3) is 0 Å². The lowest BCUT2D eigenvalue weighted by molar-refractivity contribution is -0.882. The van der Waals surface area contributed by atoms with Crippen LogP contribution < -0.4 is 40.8 Å². The lowest BCUT2D eigenvalue weighted by Crippen LogP contribution is -3.00. The van der Waals surface area contributed by atoms with Crippen molar-refractivity contribution in [2.24, 2.45) is 0 Å². The van der Waals surface area contributed by atoms with E-state index in [-0.39, 0.29) is 142 Å². The van der Waals surface area contributed by atoms with Gasteiger partial charge in [0.15, 0.2) is 46.4 Å². The van der Waals surface area contributed by atoms with Gasteiger partial charge in [0.1, 0.15) is 25.6 Å². The first kappa shape index (κ1) is 123. The summed E-state index contributed by atoms with van der Waals surface area (Å²) in [6.07, 6.45) is 2.50. The number of halogens is 3. The number of carbonyl (C=O) groups excluding carboxylic acids is 5. The molecule has 538 valence electrons. The Morgan fingerprint density at radius 3 is 1.09 bits per heavy atom. The average molecular weight is 1440 g/mol. The Morgan fingerprint density at radius 1 is 0.471 bits per heavy atom. The molecule has 0 rings (SSSR count). The molecule has 0 fully saturated rings. The Balaban J connectivity index is -0.0000000784. The Bertz CT molecular complexity index is 1770. The monoisotopic (exact) mass is 1440 g/mol. The molecule has 3 N–H and O–H groups in total. The highest BCUT2D eigenvalue weighted by Gasteiger charge is 2.45. The Labute approximate surface area is 567 Å². The van der Waals surface area contributed by atoms with Crippen molar-refractivity contribution in [3.05, 3.63) is 24.3 Å². The molecule has 0 heterocycles. The van der Waals surface area contributed by atoms with Gasteiger partial charge in [-0.05, 0) is 164 Å². The maximum absolute atomic E-state index is 12.7. The molecule has 0 radical (unpaired) electrons. The van der Waals surface area contributed by atoms with Crippen LogP contribution in [0.4, 0.5) is 0 Å². The van der Waals surface area contributed by atoms with E-state index in [1.807, 2.05) is 54.2 Å². The smallest absolute Gasteiger partial charge is 0.333 e. The molecular weight excluding hydrogens is 1290 g/mol. The molecular formula is C59H151Cl3N6O12Si7. The normalized spacial score (nSPS) is 11.7. The van der Waals surface area contributed by atoms with Crippen LogP contribution in [0, 0.1) is 0 Å². The van der Waals surface area contributed by atoms with Crippen molar-refractivity contribution >= 4 is 100 Å². The number of rotatable bonds is 35. The van der Waals surface area contributed by atoms with Crippen molar-refractivity contribution in [3.8, 4) is 0 Å². The molecule has 0 aliphatic rings. The zero-order chi connectivity index (χ0) is 59.5. The van der Waals surface area contributed by atoms with E-state index in [9.17, 15) is 24.0 Å². The zero-order valence-electron chi connectivity index (χ0n) is 52.6. The van der Waals surface area contributed by atoms with Gasteiger partial charge in [-0.2, -0.15) is 0 Å². The van der Waals surface area contributed by atoms with Gasteiger partial charge in [-0.25, -0.2) is 9.59 Å². The van der Waals surface area contributed by atoms with Crippen LogP contribution in [0.15, 0.2) is 24.3 Å². The minimum atomic E-state index is -2.60. The fourth-order valence-corrected chi connectivity index (χ4v) is 38.9. The molecule has 18 nitrogen and oxygen atoms in total. The molecule has 0 saturated carbocycles. The second-order valence-corrected chi connectivity index (χ2v) is 55.0. The van der Waals surface area contributed by atoms with Crippen molar-refractivity contribution in [3.63, 3.8) is 0 Å². The third-order valence-corrected chi connectivity index (χ3v) is 34.5. The molecule has 1 atom stereocenters. The number of amides is 3. The largest absolute Gasteiger partial charge is 1.00 e. The highest BCUT2D eigenvalue weighted by Crippen LogP contribution is 2.29.